The largest absolute Gasteiger partial charge is 0.458 e. The van der Waals surface area contributed by atoms with E-state index < -0.39 is 0 Å². The summed E-state index contributed by atoms with van der Waals surface area (Å²) < 4.78 is 21.9. The Bertz CT molecular complexity index is 6410. The molecule has 0 atom stereocenters. The average molecular weight is 1290 g/mol. The van der Waals surface area contributed by atoms with Gasteiger partial charge in [-0.3, -0.25) is 0 Å². The van der Waals surface area contributed by atoms with Gasteiger partial charge in [0.1, 0.15) is 23.0 Å². The zero-order valence-corrected chi connectivity index (χ0v) is 57.4. The molecule has 0 radical (unpaired) electrons. The SMILES string of the molecule is Cc1ccc2c(c1)B1c3cc4c(cc3Nc3cc(-n5c6ccccc6c6cc(C)ccc65)cc(c31)O2)N(C)c1cc(-n2c3ccc(C)cc3c3cc(C)ccc32)cc2c1B4c1cc3c(cc1N2C)N(C)c1cc(-n2c4ccc(C)cc4c4cc(C)ccc42)cc2c1B3c1cc(C)ccc1O2. The molecule has 100 heavy (non-hydrogen) atoms. The summed E-state index contributed by atoms with van der Waals surface area (Å²) >= 11 is 0. The number of hydrogen-bond donors (Lipinski definition) is 1. The van der Waals surface area contributed by atoms with E-state index in [1.807, 2.05) is 0 Å². The van der Waals surface area contributed by atoms with Crippen LogP contribution in [0.15, 0.2) is 212 Å². The molecule has 12 heteroatoms. The third-order valence-corrected chi connectivity index (χ3v) is 23.4. The summed E-state index contributed by atoms with van der Waals surface area (Å²) in [5.41, 5.74) is 39.2. The van der Waals surface area contributed by atoms with Gasteiger partial charge in [-0.15, -0.1) is 0 Å². The number of nitrogens with one attached hydrogen (secondary N) is 1. The Hall–Kier alpha value is -11.7. The number of rotatable bonds is 3. The second kappa shape index (κ2) is 19.5. The lowest BCUT2D eigenvalue weighted by atomic mass is 9.29. The molecule has 0 spiro atoms. The van der Waals surface area contributed by atoms with Gasteiger partial charge < -0.3 is 43.2 Å². The molecular weight excluding hydrogens is 1220 g/mol. The smallest absolute Gasteiger partial charge is 0.256 e. The predicted octanol–water partition coefficient (Wildman–Crippen LogP) is 15.2. The van der Waals surface area contributed by atoms with Crippen LogP contribution in [0.5, 0.6) is 23.0 Å². The van der Waals surface area contributed by atoms with Crippen LogP contribution in [0.1, 0.15) is 38.9 Å². The standard InChI is InChI=1S/C88H66B3N7O2/c1-46-15-22-71-57(29-46)56-13-11-12-14-70(56)96(71)53-36-69-86-84(40-53)99-82-27-20-51(6)34-66(82)89(86)62-42-63-76(44-68(62)92-69)93(8)79-37-54(97-72-23-16-47(2)30-58(72)59-31-48(3)17-24-73(59)97)38-80-87(79)90(63)64-43-65-78(45-77(64)94(80)9)95(10)81-39-55(41-85-88(81)91(65)67-35-52(7)21-28-83(67)100-85)98-74-25-18-49(4)32-60(74)61-33-50(5)19-26-75(61)98/h11-45,92H,1-10H3. The van der Waals surface area contributed by atoms with Crippen molar-refractivity contribution in [2.75, 3.05) is 41.2 Å². The van der Waals surface area contributed by atoms with Gasteiger partial charge >= 0.3 is 0 Å². The van der Waals surface area contributed by atoms with Crippen molar-refractivity contribution in [2.24, 2.45) is 0 Å². The summed E-state index contributed by atoms with van der Waals surface area (Å²) in [5.74, 6) is 3.54. The predicted molar refractivity (Wildman–Crippen MR) is 423 cm³/mol. The molecule has 0 bridgehead atoms. The molecule has 0 saturated heterocycles. The van der Waals surface area contributed by atoms with Crippen molar-refractivity contribution in [3.8, 4) is 40.1 Å². The first-order valence-electron chi connectivity index (χ1n) is 35.1. The first-order valence-corrected chi connectivity index (χ1v) is 35.1. The molecular formula is C88H66B3N7O2. The van der Waals surface area contributed by atoms with Crippen LogP contribution < -0.4 is 78.7 Å². The van der Waals surface area contributed by atoms with Crippen molar-refractivity contribution < 1.29 is 9.47 Å². The molecule has 0 aliphatic carbocycles. The van der Waals surface area contributed by atoms with Crippen molar-refractivity contribution in [3.05, 3.63) is 251 Å². The Kier molecular flexibility index (Phi) is 11.0. The van der Waals surface area contributed by atoms with Gasteiger partial charge in [-0.05, 0) is 213 Å². The molecule has 0 amide bonds. The zero-order chi connectivity index (χ0) is 66.9. The molecule has 0 unspecified atom stereocenters. The highest BCUT2D eigenvalue weighted by Gasteiger charge is 2.49. The summed E-state index contributed by atoms with van der Waals surface area (Å²) in [6.07, 6.45) is 0. The number of hydrogen-bond acceptors (Lipinski definition) is 6. The first kappa shape index (κ1) is 56.3. The second-order valence-electron chi connectivity index (χ2n) is 29.7. The number of aryl methyl sites for hydroxylation is 7. The molecule has 9 heterocycles. The Balaban J connectivity index is 0.789. The number of fused-ring (bicyclic) bond motifs is 21. The number of nitrogens with zero attached hydrogens (tertiary/aromatic N) is 6. The molecule has 9 nitrogen and oxygen atoms in total. The molecule has 22 rings (SSSR count). The van der Waals surface area contributed by atoms with Crippen molar-refractivity contribution in [2.45, 2.75) is 48.5 Å². The molecule has 0 saturated carbocycles. The number of benzene rings is 13. The van der Waals surface area contributed by atoms with E-state index in [0.717, 1.165) is 68.1 Å². The van der Waals surface area contributed by atoms with Gasteiger partial charge in [-0.25, -0.2) is 0 Å². The Labute approximate surface area is 580 Å². The minimum absolute atomic E-state index is 0.120. The topological polar surface area (TPSA) is 55.0 Å². The van der Waals surface area contributed by atoms with Crippen LogP contribution >= 0.6 is 0 Å². The van der Waals surface area contributed by atoms with E-state index in [1.165, 1.54) is 171 Å². The number of aromatic nitrogens is 3. The monoisotopic (exact) mass is 1290 g/mol. The zero-order valence-electron chi connectivity index (χ0n) is 57.4. The Morgan fingerprint density at radius 2 is 0.620 bits per heavy atom. The fourth-order valence-electron chi connectivity index (χ4n) is 18.9. The lowest BCUT2D eigenvalue weighted by molar-refractivity contribution is 0.487. The maximum absolute atomic E-state index is 7.29. The molecule has 0 fully saturated rings. The highest BCUT2D eigenvalue weighted by molar-refractivity contribution is 7.04. The van der Waals surface area contributed by atoms with Crippen LogP contribution in [-0.2, 0) is 0 Å². The molecule has 3 aromatic heterocycles. The summed E-state index contributed by atoms with van der Waals surface area (Å²) in [6.45, 7) is 15.0. The fourth-order valence-corrected chi connectivity index (χ4v) is 18.9. The van der Waals surface area contributed by atoms with Gasteiger partial charge in [0, 0.05) is 111 Å². The van der Waals surface area contributed by atoms with Gasteiger partial charge in [-0.2, -0.15) is 0 Å². The van der Waals surface area contributed by atoms with Gasteiger partial charge in [-0.1, -0.05) is 124 Å². The third-order valence-electron chi connectivity index (χ3n) is 23.4. The van der Waals surface area contributed by atoms with Gasteiger partial charge in [0.2, 0.25) is 0 Å². The molecule has 1 N–H and O–H groups in total. The van der Waals surface area contributed by atoms with Crippen molar-refractivity contribution in [3.63, 3.8) is 0 Å². The van der Waals surface area contributed by atoms with Gasteiger partial charge in [0.05, 0.1) is 50.2 Å². The van der Waals surface area contributed by atoms with Crippen LogP contribution in [0.3, 0.4) is 0 Å². The molecule has 6 aliphatic heterocycles. The van der Waals surface area contributed by atoms with Gasteiger partial charge in [0.15, 0.2) is 0 Å². The minimum atomic E-state index is -0.164. The van der Waals surface area contributed by atoms with E-state index in [0.29, 0.717) is 0 Å². The molecule has 13 aromatic carbocycles. The fraction of sp³-hybridized carbons (Fsp3) is 0.114. The van der Waals surface area contributed by atoms with Crippen LogP contribution in [-0.4, -0.2) is 55.0 Å². The van der Waals surface area contributed by atoms with Crippen LogP contribution in [0, 0.1) is 48.5 Å². The van der Waals surface area contributed by atoms with Crippen molar-refractivity contribution in [1.29, 1.82) is 0 Å². The van der Waals surface area contributed by atoms with E-state index in [9.17, 15) is 0 Å². The van der Waals surface area contributed by atoms with Crippen LogP contribution in [0.2, 0.25) is 0 Å². The number of anilines is 8. The lowest BCUT2D eigenvalue weighted by Crippen LogP contribution is -2.66. The normalized spacial score (nSPS) is 14.0. The van der Waals surface area contributed by atoms with Crippen molar-refractivity contribution in [1.82, 2.24) is 13.7 Å². The lowest BCUT2D eigenvalue weighted by Gasteiger charge is -2.45. The first-order chi connectivity index (χ1) is 48.6. The Morgan fingerprint density at radius 1 is 0.260 bits per heavy atom. The summed E-state index contributed by atoms with van der Waals surface area (Å²) in [6, 6.07) is 81.5. The summed E-state index contributed by atoms with van der Waals surface area (Å²) in [7, 11) is 6.89. The van der Waals surface area contributed by atoms with Crippen molar-refractivity contribution >= 4 is 180 Å². The highest BCUT2D eigenvalue weighted by Crippen LogP contribution is 2.47. The van der Waals surface area contributed by atoms with E-state index in [-0.39, 0.29) is 20.1 Å². The van der Waals surface area contributed by atoms with Crippen LogP contribution in [0.25, 0.3) is 82.5 Å². The van der Waals surface area contributed by atoms with E-state index >= 15 is 0 Å². The number of para-hydroxylation sites is 1. The minimum Gasteiger partial charge on any atom is -0.458 e. The van der Waals surface area contributed by atoms with Crippen LogP contribution in [0.4, 0.5) is 45.5 Å². The number of ether oxygens (including phenoxy) is 2. The second-order valence-corrected chi connectivity index (χ2v) is 29.7. The third kappa shape index (κ3) is 7.44. The maximum atomic E-state index is 7.29. The van der Waals surface area contributed by atoms with E-state index in [2.05, 4.69) is 316 Å². The quantitative estimate of drug-likeness (QED) is 0.178. The molecule has 474 valence electrons. The van der Waals surface area contributed by atoms with Gasteiger partial charge in [0.25, 0.3) is 20.1 Å². The Morgan fingerprint density at radius 3 is 1.11 bits per heavy atom. The highest BCUT2D eigenvalue weighted by atomic mass is 16.5. The van der Waals surface area contributed by atoms with E-state index in [4.69, 9.17) is 9.47 Å². The van der Waals surface area contributed by atoms with E-state index in [1.54, 1.807) is 0 Å². The molecule has 16 aromatic rings. The summed E-state index contributed by atoms with van der Waals surface area (Å²) in [4.78, 5) is 7.48. The average Bonchev–Trinajstić information content (AvgIpc) is 0.859. The molecule has 6 aliphatic rings. The summed E-state index contributed by atoms with van der Waals surface area (Å²) in [5, 5.41) is 11.7. The maximum Gasteiger partial charge on any atom is 0.256 e.